The number of hydrogen-bond acceptors (Lipinski definition) is 4. The highest BCUT2D eigenvalue weighted by Gasteiger charge is 2.50. The number of anilines is 1. The smallest absolute Gasteiger partial charge is 0.247 e. The molecule has 2 aromatic rings. The summed E-state index contributed by atoms with van der Waals surface area (Å²) in [5, 5.41) is 2.88. The highest BCUT2D eigenvalue weighted by molar-refractivity contribution is 7.88. The van der Waals surface area contributed by atoms with E-state index in [4.69, 9.17) is 0 Å². The molecule has 1 N–H and O–H groups in total. The number of sulfonamides is 1. The fourth-order valence-corrected chi connectivity index (χ4v) is 4.63. The molecule has 1 aliphatic heterocycles. The van der Waals surface area contributed by atoms with Gasteiger partial charge >= 0.3 is 0 Å². The summed E-state index contributed by atoms with van der Waals surface area (Å²) in [5.41, 5.74) is 2.01. The van der Waals surface area contributed by atoms with E-state index in [0.29, 0.717) is 5.69 Å². The molecule has 8 heteroatoms. The maximum atomic E-state index is 13.3. The second-order valence-corrected chi connectivity index (χ2v) is 9.97. The van der Waals surface area contributed by atoms with Crippen molar-refractivity contribution in [2.24, 2.45) is 0 Å². The van der Waals surface area contributed by atoms with E-state index in [2.05, 4.69) is 5.32 Å². The normalized spacial score (nSPS) is 20.3. The SMILES string of the molecule is Cc1ccc(N2C(=O)CN(S(C)(=O)=O)C[C@]2(C)C(=O)NCc2ccccc2)c(C)c1. The Balaban J connectivity index is 2.00. The summed E-state index contributed by atoms with van der Waals surface area (Å²) >= 11 is 0. The fourth-order valence-electron chi connectivity index (χ4n) is 3.80. The molecule has 30 heavy (non-hydrogen) atoms. The molecule has 1 aliphatic rings. The van der Waals surface area contributed by atoms with Crippen LogP contribution in [0.25, 0.3) is 0 Å². The lowest BCUT2D eigenvalue weighted by Crippen LogP contribution is -2.70. The minimum Gasteiger partial charge on any atom is -0.350 e. The number of carbonyl (C=O) groups excluding carboxylic acids is 2. The van der Waals surface area contributed by atoms with Gasteiger partial charge in [-0.15, -0.1) is 0 Å². The minimum atomic E-state index is -3.65. The van der Waals surface area contributed by atoms with Gasteiger partial charge in [-0.1, -0.05) is 48.0 Å². The second-order valence-electron chi connectivity index (χ2n) is 7.99. The van der Waals surface area contributed by atoms with Crippen LogP contribution in [-0.4, -0.2) is 49.4 Å². The van der Waals surface area contributed by atoms with Crippen molar-refractivity contribution in [1.29, 1.82) is 0 Å². The molecular weight excluding hydrogens is 402 g/mol. The van der Waals surface area contributed by atoms with Crippen LogP contribution in [-0.2, 0) is 26.2 Å². The minimum absolute atomic E-state index is 0.120. The molecule has 0 unspecified atom stereocenters. The van der Waals surface area contributed by atoms with Crippen LogP contribution in [0.1, 0.15) is 23.6 Å². The summed E-state index contributed by atoms with van der Waals surface area (Å²) in [7, 11) is -3.65. The zero-order chi connectivity index (χ0) is 22.1. The van der Waals surface area contributed by atoms with Gasteiger partial charge in [0, 0.05) is 18.8 Å². The van der Waals surface area contributed by atoms with Crippen molar-refractivity contribution >= 4 is 27.5 Å². The van der Waals surface area contributed by atoms with Gasteiger partial charge in [-0.3, -0.25) is 14.5 Å². The average Bonchev–Trinajstić information content (AvgIpc) is 2.67. The van der Waals surface area contributed by atoms with Crippen molar-refractivity contribution in [1.82, 2.24) is 9.62 Å². The lowest BCUT2D eigenvalue weighted by Gasteiger charge is -2.47. The number of nitrogens with one attached hydrogen (secondary N) is 1. The highest BCUT2D eigenvalue weighted by atomic mass is 32.2. The Morgan fingerprint density at radius 2 is 1.80 bits per heavy atom. The number of piperazine rings is 1. The molecule has 160 valence electrons. The highest BCUT2D eigenvalue weighted by Crippen LogP contribution is 2.33. The van der Waals surface area contributed by atoms with E-state index in [9.17, 15) is 18.0 Å². The van der Waals surface area contributed by atoms with Gasteiger partial charge in [0.1, 0.15) is 5.54 Å². The summed E-state index contributed by atoms with van der Waals surface area (Å²) in [4.78, 5) is 27.9. The Labute approximate surface area is 177 Å². The van der Waals surface area contributed by atoms with E-state index in [1.54, 1.807) is 13.0 Å². The van der Waals surface area contributed by atoms with Gasteiger partial charge in [-0.2, -0.15) is 4.31 Å². The van der Waals surface area contributed by atoms with Crippen LogP contribution in [0.4, 0.5) is 5.69 Å². The van der Waals surface area contributed by atoms with Gasteiger partial charge in [-0.25, -0.2) is 8.42 Å². The molecular formula is C22H27N3O4S. The first-order valence-electron chi connectivity index (χ1n) is 9.70. The predicted octanol–water partition coefficient (Wildman–Crippen LogP) is 1.99. The topological polar surface area (TPSA) is 86.8 Å². The van der Waals surface area contributed by atoms with Crippen LogP contribution in [0.3, 0.4) is 0 Å². The Morgan fingerprint density at radius 1 is 1.13 bits per heavy atom. The first-order chi connectivity index (χ1) is 14.0. The lowest BCUT2D eigenvalue weighted by atomic mass is 9.93. The molecule has 1 fully saturated rings. The monoisotopic (exact) mass is 429 g/mol. The number of nitrogens with zero attached hydrogens (tertiary/aromatic N) is 2. The molecule has 2 amide bonds. The van der Waals surface area contributed by atoms with E-state index >= 15 is 0 Å². The molecule has 0 aromatic heterocycles. The van der Waals surface area contributed by atoms with Crippen molar-refractivity contribution in [2.75, 3.05) is 24.2 Å². The van der Waals surface area contributed by atoms with Crippen LogP contribution >= 0.6 is 0 Å². The van der Waals surface area contributed by atoms with E-state index in [1.165, 1.54) is 4.90 Å². The molecule has 0 saturated carbocycles. The molecule has 0 spiro atoms. The third-order valence-corrected chi connectivity index (χ3v) is 6.58. The maximum Gasteiger partial charge on any atom is 0.247 e. The molecule has 0 aliphatic carbocycles. The standard InChI is InChI=1S/C22H27N3O4S/c1-16-10-11-19(17(2)12-16)25-20(26)14-24(30(4,28)29)15-22(25,3)21(27)23-13-18-8-6-5-7-9-18/h5-12H,13-15H2,1-4H3,(H,23,27)/t22-/m1/s1. The number of hydrogen-bond donors (Lipinski definition) is 1. The first-order valence-corrected chi connectivity index (χ1v) is 11.5. The molecule has 2 aromatic carbocycles. The first kappa shape index (κ1) is 22.0. The van der Waals surface area contributed by atoms with Crippen molar-refractivity contribution in [3.05, 3.63) is 65.2 Å². The fraction of sp³-hybridized carbons (Fsp3) is 0.364. The van der Waals surface area contributed by atoms with Gasteiger partial charge in [0.05, 0.1) is 12.8 Å². The third-order valence-electron chi connectivity index (χ3n) is 5.39. The lowest BCUT2D eigenvalue weighted by molar-refractivity contribution is -0.133. The summed E-state index contributed by atoms with van der Waals surface area (Å²) in [5.74, 6) is -0.844. The van der Waals surface area contributed by atoms with Gasteiger partial charge < -0.3 is 5.32 Å². The van der Waals surface area contributed by atoms with Crippen LogP contribution in [0.15, 0.2) is 48.5 Å². The van der Waals surface area contributed by atoms with Gasteiger partial charge in [-0.05, 0) is 38.0 Å². The number of amides is 2. The second kappa shape index (κ2) is 8.20. The Bertz CT molecular complexity index is 1070. The molecule has 3 rings (SSSR count). The van der Waals surface area contributed by atoms with Crippen LogP contribution in [0.2, 0.25) is 0 Å². The molecule has 7 nitrogen and oxygen atoms in total. The maximum absolute atomic E-state index is 13.3. The third kappa shape index (κ3) is 4.39. The molecule has 0 radical (unpaired) electrons. The average molecular weight is 430 g/mol. The molecule has 0 bridgehead atoms. The number of rotatable bonds is 5. The number of aryl methyl sites for hydroxylation is 2. The van der Waals surface area contributed by atoms with Crippen molar-refractivity contribution in [3.63, 3.8) is 0 Å². The largest absolute Gasteiger partial charge is 0.350 e. The number of benzene rings is 2. The van der Waals surface area contributed by atoms with Crippen molar-refractivity contribution in [3.8, 4) is 0 Å². The predicted molar refractivity (Wildman–Crippen MR) is 117 cm³/mol. The van der Waals surface area contributed by atoms with Crippen molar-refractivity contribution in [2.45, 2.75) is 32.9 Å². The van der Waals surface area contributed by atoms with Crippen LogP contribution in [0.5, 0.6) is 0 Å². The summed E-state index contributed by atoms with van der Waals surface area (Å²) < 4.78 is 25.5. The van der Waals surface area contributed by atoms with E-state index in [1.807, 2.05) is 56.3 Å². The molecule has 1 atom stereocenters. The van der Waals surface area contributed by atoms with E-state index < -0.39 is 27.4 Å². The Morgan fingerprint density at radius 3 is 2.40 bits per heavy atom. The zero-order valence-corrected chi connectivity index (χ0v) is 18.5. The summed E-state index contributed by atoms with van der Waals surface area (Å²) in [6, 6.07) is 15.0. The molecule has 1 heterocycles. The number of carbonyl (C=O) groups is 2. The van der Waals surface area contributed by atoms with E-state index in [0.717, 1.165) is 27.3 Å². The molecule has 1 saturated heterocycles. The Hall–Kier alpha value is -2.71. The van der Waals surface area contributed by atoms with Crippen molar-refractivity contribution < 1.29 is 18.0 Å². The summed E-state index contributed by atoms with van der Waals surface area (Å²) in [6.07, 6.45) is 1.05. The van der Waals surface area contributed by atoms with Crippen LogP contribution < -0.4 is 10.2 Å². The van der Waals surface area contributed by atoms with E-state index in [-0.39, 0.29) is 19.6 Å². The van der Waals surface area contributed by atoms with Crippen LogP contribution in [0, 0.1) is 13.8 Å². The van der Waals surface area contributed by atoms with Gasteiger partial charge in [0.25, 0.3) is 0 Å². The Kier molecular flexibility index (Phi) is 6.01. The van der Waals surface area contributed by atoms with Gasteiger partial charge in [0.2, 0.25) is 21.8 Å². The quantitative estimate of drug-likeness (QED) is 0.788. The van der Waals surface area contributed by atoms with Gasteiger partial charge in [0.15, 0.2) is 0 Å². The summed E-state index contributed by atoms with van der Waals surface area (Å²) in [6.45, 7) is 5.30. The zero-order valence-electron chi connectivity index (χ0n) is 17.7.